The Balaban J connectivity index is 1.40. The van der Waals surface area contributed by atoms with Crippen molar-refractivity contribution in [1.82, 2.24) is 15.3 Å². The molecule has 1 aromatic heterocycles. The molecular weight excluding hydrogens is 395 g/mol. The molecule has 2 heterocycles. The van der Waals surface area contributed by atoms with Crippen LogP contribution in [0.3, 0.4) is 0 Å². The normalized spacial score (nSPS) is 13.7. The molecule has 0 radical (unpaired) electrons. The van der Waals surface area contributed by atoms with Crippen molar-refractivity contribution in [3.8, 4) is 11.5 Å². The summed E-state index contributed by atoms with van der Waals surface area (Å²) >= 11 is 0. The summed E-state index contributed by atoms with van der Waals surface area (Å²) in [6, 6.07) is 14.5. The number of aromatic nitrogens is 2. The lowest BCUT2D eigenvalue weighted by molar-refractivity contribution is 0.0950. The summed E-state index contributed by atoms with van der Waals surface area (Å²) in [4.78, 5) is 24.1. The van der Waals surface area contributed by atoms with Gasteiger partial charge in [-0.15, -0.1) is 0 Å². The molecule has 0 spiro atoms. The van der Waals surface area contributed by atoms with E-state index in [1.807, 2.05) is 13.0 Å². The molecule has 0 unspecified atom stereocenters. The molecule has 1 fully saturated rings. The molecule has 0 saturated carbocycles. The number of hydrogen-bond donors (Lipinski definition) is 1. The maximum absolute atomic E-state index is 13.1. The molecule has 7 heteroatoms. The Bertz CT molecular complexity index is 1050. The lowest BCUT2D eigenvalue weighted by atomic mass is 10.1. The van der Waals surface area contributed by atoms with Crippen LogP contribution >= 0.6 is 0 Å². The van der Waals surface area contributed by atoms with E-state index in [2.05, 4.69) is 20.2 Å². The zero-order chi connectivity index (χ0) is 21.6. The van der Waals surface area contributed by atoms with Crippen molar-refractivity contribution in [2.45, 2.75) is 32.7 Å². The Labute approximate surface area is 181 Å². The second kappa shape index (κ2) is 9.55. The average Bonchev–Trinajstić information content (AvgIpc) is 2.79. The second-order valence-corrected chi connectivity index (χ2v) is 7.61. The van der Waals surface area contributed by atoms with Crippen molar-refractivity contribution >= 4 is 11.9 Å². The first kappa shape index (κ1) is 20.8. The van der Waals surface area contributed by atoms with Crippen LogP contribution in [-0.4, -0.2) is 29.0 Å². The highest BCUT2D eigenvalue weighted by molar-refractivity contribution is 5.94. The number of benzene rings is 2. The number of halogens is 1. The monoisotopic (exact) mass is 420 g/mol. The van der Waals surface area contributed by atoms with Crippen LogP contribution in [0.1, 0.15) is 41.0 Å². The minimum absolute atomic E-state index is 0.222. The Hall–Kier alpha value is -3.48. The largest absolute Gasteiger partial charge is 0.457 e. The topological polar surface area (TPSA) is 67.3 Å². The second-order valence-electron chi connectivity index (χ2n) is 7.61. The minimum atomic E-state index is -0.330. The van der Waals surface area contributed by atoms with Crippen LogP contribution in [0.15, 0.2) is 54.6 Å². The Kier molecular flexibility index (Phi) is 6.40. The van der Waals surface area contributed by atoms with E-state index >= 15 is 0 Å². The van der Waals surface area contributed by atoms with Gasteiger partial charge in [0.2, 0.25) is 5.95 Å². The number of rotatable bonds is 6. The molecule has 1 saturated heterocycles. The van der Waals surface area contributed by atoms with E-state index < -0.39 is 0 Å². The number of anilines is 1. The van der Waals surface area contributed by atoms with Gasteiger partial charge in [-0.2, -0.15) is 0 Å². The maximum Gasteiger partial charge on any atom is 0.251 e. The van der Waals surface area contributed by atoms with Crippen LogP contribution in [-0.2, 0) is 6.54 Å². The smallest absolute Gasteiger partial charge is 0.251 e. The van der Waals surface area contributed by atoms with Crippen LogP contribution in [0.5, 0.6) is 11.5 Å². The Morgan fingerprint density at radius 3 is 2.58 bits per heavy atom. The van der Waals surface area contributed by atoms with Gasteiger partial charge in [-0.3, -0.25) is 4.79 Å². The van der Waals surface area contributed by atoms with Gasteiger partial charge in [0.1, 0.15) is 17.3 Å². The fourth-order valence-electron chi connectivity index (χ4n) is 3.56. The van der Waals surface area contributed by atoms with E-state index in [1.54, 1.807) is 36.4 Å². The van der Waals surface area contributed by atoms with E-state index in [0.717, 1.165) is 43.3 Å². The van der Waals surface area contributed by atoms with Gasteiger partial charge < -0.3 is 15.0 Å². The van der Waals surface area contributed by atoms with Gasteiger partial charge in [0.25, 0.3) is 5.91 Å². The molecule has 1 aliphatic rings. The van der Waals surface area contributed by atoms with Crippen molar-refractivity contribution in [2.24, 2.45) is 0 Å². The number of ether oxygens (including phenoxy) is 1. The number of carbonyl (C=O) groups excluding carboxylic acids is 1. The molecule has 4 rings (SSSR count). The summed E-state index contributed by atoms with van der Waals surface area (Å²) in [5.74, 6) is 1.19. The molecule has 3 aromatic rings. The average molecular weight is 420 g/mol. The van der Waals surface area contributed by atoms with Gasteiger partial charge in [-0.05, 0) is 74.7 Å². The zero-order valence-electron chi connectivity index (χ0n) is 17.5. The number of hydrogen-bond acceptors (Lipinski definition) is 5. The summed E-state index contributed by atoms with van der Waals surface area (Å²) in [5.41, 5.74) is 2.14. The summed E-state index contributed by atoms with van der Waals surface area (Å²) in [5, 5.41) is 2.92. The molecular formula is C24H25FN4O2. The molecule has 0 atom stereocenters. The first-order valence-corrected chi connectivity index (χ1v) is 10.5. The predicted molar refractivity (Wildman–Crippen MR) is 117 cm³/mol. The Morgan fingerprint density at radius 1 is 1.03 bits per heavy atom. The number of carbonyl (C=O) groups is 1. The first-order valence-electron chi connectivity index (χ1n) is 10.5. The lowest BCUT2D eigenvalue weighted by Crippen LogP contribution is -2.32. The molecule has 31 heavy (non-hydrogen) atoms. The van der Waals surface area contributed by atoms with Crippen LogP contribution in [0.2, 0.25) is 0 Å². The van der Waals surface area contributed by atoms with Crippen molar-refractivity contribution in [1.29, 1.82) is 0 Å². The molecule has 0 aliphatic carbocycles. The highest BCUT2D eigenvalue weighted by atomic mass is 19.1. The van der Waals surface area contributed by atoms with Crippen LogP contribution in [0.4, 0.5) is 10.3 Å². The van der Waals surface area contributed by atoms with Crippen molar-refractivity contribution < 1.29 is 13.9 Å². The highest BCUT2D eigenvalue weighted by Gasteiger charge is 2.15. The summed E-state index contributed by atoms with van der Waals surface area (Å²) in [6.45, 7) is 4.19. The molecule has 6 nitrogen and oxygen atoms in total. The summed E-state index contributed by atoms with van der Waals surface area (Å²) in [6.07, 6.45) is 3.55. The molecule has 0 bridgehead atoms. The van der Waals surface area contributed by atoms with Gasteiger partial charge in [0.15, 0.2) is 0 Å². The van der Waals surface area contributed by atoms with Gasteiger partial charge in [0, 0.05) is 24.3 Å². The van der Waals surface area contributed by atoms with E-state index in [9.17, 15) is 9.18 Å². The number of aryl methyl sites for hydroxylation is 1. The molecule has 1 aliphatic heterocycles. The lowest BCUT2D eigenvalue weighted by Gasteiger charge is -2.27. The van der Waals surface area contributed by atoms with Gasteiger partial charge >= 0.3 is 0 Å². The third kappa shape index (κ3) is 5.57. The SMILES string of the molecule is Cc1cc(CNC(=O)c2cccc(Oc3ccc(F)cc3)c2)nc(N2CCCCC2)n1. The van der Waals surface area contributed by atoms with Crippen LogP contribution < -0.4 is 15.0 Å². The fourth-order valence-corrected chi connectivity index (χ4v) is 3.56. The van der Waals surface area contributed by atoms with E-state index in [0.29, 0.717) is 23.6 Å². The summed E-state index contributed by atoms with van der Waals surface area (Å²) in [7, 11) is 0. The van der Waals surface area contributed by atoms with Crippen molar-refractivity contribution in [3.05, 3.63) is 77.4 Å². The quantitative estimate of drug-likeness (QED) is 0.629. The van der Waals surface area contributed by atoms with Crippen LogP contribution in [0.25, 0.3) is 0 Å². The number of nitrogens with zero attached hydrogens (tertiary/aromatic N) is 3. The minimum Gasteiger partial charge on any atom is -0.457 e. The first-order chi connectivity index (χ1) is 15.1. The van der Waals surface area contributed by atoms with Crippen molar-refractivity contribution in [2.75, 3.05) is 18.0 Å². The van der Waals surface area contributed by atoms with Crippen LogP contribution in [0, 0.1) is 12.7 Å². The van der Waals surface area contributed by atoms with Gasteiger partial charge in [-0.25, -0.2) is 14.4 Å². The third-order valence-electron chi connectivity index (χ3n) is 5.11. The van der Waals surface area contributed by atoms with E-state index in [-0.39, 0.29) is 11.7 Å². The molecule has 160 valence electrons. The fraction of sp³-hybridized carbons (Fsp3) is 0.292. The van der Waals surface area contributed by atoms with E-state index in [1.165, 1.54) is 18.6 Å². The Morgan fingerprint density at radius 2 is 1.81 bits per heavy atom. The van der Waals surface area contributed by atoms with Gasteiger partial charge in [0.05, 0.1) is 12.2 Å². The number of piperidine rings is 1. The predicted octanol–water partition coefficient (Wildman–Crippen LogP) is 4.64. The third-order valence-corrected chi connectivity index (χ3v) is 5.11. The summed E-state index contributed by atoms with van der Waals surface area (Å²) < 4.78 is 18.8. The van der Waals surface area contributed by atoms with Crippen molar-refractivity contribution in [3.63, 3.8) is 0 Å². The number of amides is 1. The maximum atomic E-state index is 13.1. The molecule has 1 amide bonds. The van der Waals surface area contributed by atoms with E-state index in [4.69, 9.17) is 4.74 Å². The standard InChI is InChI=1S/C24H25FN4O2/c1-17-14-20(28-24(27-17)29-12-3-2-4-13-29)16-26-23(30)18-6-5-7-22(15-18)31-21-10-8-19(25)9-11-21/h5-11,14-15H,2-4,12-13,16H2,1H3,(H,26,30). The highest BCUT2D eigenvalue weighted by Crippen LogP contribution is 2.22. The zero-order valence-corrected chi connectivity index (χ0v) is 17.5. The molecule has 2 aromatic carbocycles. The van der Waals surface area contributed by atoms with Gasteiger partial charge in [-0.1, -0.05) is 6.07 Å². The number of nitrogens with one attached hydrogen (secondary N) is 1. The molecule has 1 N–H and O–H groups in total.